The molecule has 0 aliphatic heterocycles. The number of fused-ring (bicyclic) bond motifs is 1. The van der Waals surface area contributed by atoms with Crippen LogP contribution in [0.5, 0.6) is 0 Å². The lowest BCUT2D eigenvalue weighted by Gasteiger charge is -2.13. The molecule has 4 nitrogen and oxygen atoms in total. The Morgan fingerprint density at radius 1 is 1.10 bits per heavy atom. The fraction of sp³-hybridized carbons (Fsp3) is 0.0455. The summed E-state index contributed by atoms with van der Waals surface area (Å²) < 4.78 is 14.1. The van der Waals surface area contributed by atoms with Gasteiger partial charge in [-0.3, -0.25) is 4.79 Å². The van der Waals surface area contributed by atoms with Gasteiger partial charge in [0, 0.05) is 10.6 Å². The third-order valence-corrected chi connectivity index (χ3v) is 5.44. The van der Waals surface area contributed by atoms with Crippen molar-refractivity contribution in [2.75, 3.05) is 5.01 Å². The van der Waals surface area contributed by atoms with Crippen molar-refractivity contribution in [1.29, 1.82) is 0 Å². The number of halogens is 2. The van der Waals surface area contributed by atoms with Gasteiger partial charge >= 0.3 is 0 Å². The fourth-order valence-electron chi connectivity index (χ4n) is 2.69. The molecule has 1 heterocycles. The highest BCUT2D eigenvalue weighted by Gasteiger charge is 2.21. The molecule has 0 atom stereocenters. The van der Waals surface area contributed by atoms with E-state index in [4.69, 9.17) is 11.6 Å². The number of amides is 1. The number of thiazole rings is 1. The molecule has 0 saturated carbocycles. The molecule has 0 radical (unpaired) electrons. The van der Waals surface area contributed by atoms with Crippen LogP contribution >= 0.6 is 22.9 Å². The number of carbonyl (C=O) groups is 1. The molecule has 1 aromatic heterocycles. The maximum absolute atomic E-state index is 13.2. The predicted molar refractivity (Wildman–Crippen MR) is 117 cm³/mol. The molecule has 0 fully saturated rings. The Balaban J connectivity index is 1.75. The molecule has 0 aliphatic carbocycles. The summed E-state index contributed by atoms with van der Waals surface area (Å²) in [6, 6.07) is 18.3. The van der Waals surface area contributed by atoms with Crippen LogP contribution in [0.25, 0.3) is 10.2 Å². The number of anilines is 1. The van der Waals surface area contributed by atoms with E-state index in [-0.39, 0.29) is 11.7 Å². The van der Waals surface area contributed by atoms with Gasteiger partial charge < -0.3 is 0 Å². The number of nitrogens with zero attached hydrogens (tertiary/aromatic N) is 3. The molecule has 144 valence electrons. The average Bonchev–Trinajstić information content (AvgIpc) is 3.12. The van der Waals surface area contributed by atoms with Crippen molar-refractivity contribution in [2.24, 2.45) is 5.10 Å². The third kappa shape index (κ3) is 4.34. The van der Waals surface area contributed by atoms with Gasteiger partial charge in [0.1, 0.15) is 5.82 Å². The van der Waals surface area contributed by atoms with Gasteiger partial charge in [-0.15, -0.1) is 0 Å². The minimum atomic E-state index is -0.337. The van der Waals surface area contributed by atoms with E-state index in [0.29, 0.717) is 21.3 Å². The second-order valence-corrected chi connectivity index (χ2v) is 7.83. The summed E-state index contributed by atoms with van der Waals surface area (Å²) >= 11 is 7.32. The van der Waals surface area contributed by atoms with E-state index in [9.17, 15) is 9.18 Å². The summed E-state index contributed by atoms with van der Waals surface area (Å²) in [6.45, 7) is 2.00. The van der Waals surface area contributed by atoms with E-state index in [2.05, 4.69) is 10.1 Å². The molecule has 0 aliphatic rings. The molecule has 3 aromatic carbocycles. The Bertz CT molecular complexity index is 1200. The van der Waals surface area contributed by atoms with Gasteiger partial charge in [0.2, 0.25) is 5.13 Å². The largest absolute Gasteiger partial charge is 0.280 e. The summed E-state index contributed by atoms with van der Waals surface area (Å²) in [7, 11) is 0. The van der Waals surface area contributed by atoms with Gasteiger partial charge in [0.05, 0.1) is 16.4 Å². The van der Waals surface area contributed by atoms with E-state index in [1.165, 1.54) is 34.7 Å². The zero-order valence-corrected chi connectivity index (χ0v) is 16.9. The average molecular weight is 424 g/mol. The van der Waals surface area contributed by atoms with Gasteiger partial charge in [-0.1, -0.05) is 41.1 Å². The second-order valence-electron chi connectivity index (χ2n) is 6.39. The van der Waals surface area contributed by atoms with Crippen LogP contribution in [0.4, 0.5) is 9.52 Å². The number of carbonyl (C=O) groups excluding carboxylic acids is 1. The van der Waals surface area contributed by atoms with Crippen LogP contribution in [-0.2, 0) is 0 Å². The maximum atomic E-state index is 13.2. The number of benzene rings is 3. The van der Waals surface area contributed by atoms with Crippen LogP contribution in [0.15, 0.2) is 71.8 Å². The Kier molecular flexibility index (Phi) is 5.38. The topological polar surface area (TPSA) is 45.6 Å². The monoisotopic (exact) mass is 423 g/mol. The second kappa shape index (κ2) is 8.11. The van der Waals surface area contributed by atoms with Crippen molar-refractivity contribution in [3.05, 3.63) is 94.3 Å². The Morgan fingerprint density at radius 2 is 1.83 bits per heavy atom. The Morgan fingerprint density at radius 3 is 2.55 bits per heavy atom. The minimum absolute atomic E-state index is 0.335. The van der Waals surface area contributed by atoms with Crippen molar-refractivity contribution in [2.45, 2.75) is 6.92 Å². The molecule has 0 saturated heterocycles. The number of hydrogen-bond acceptors (Lipinski definition) is 4. The fourth-order valence-corrected chi connectivity index (χ4v) is 3.83. The summed E-state index contributed by atoms with van der Waals surface area (Å²) in [6.07, 6.45) is 1.50. The summed E-state index contributed by atoms with van der Waals surface area (Å²) in [5.74, 6) is -0.673. The van der Waals surface area contributed by atoms with E-state index in [1.54, 1.807) is 36.4 Å². The van der Waals surface area contributed by atoms with Crippen molar-refractivity contribution in [3.8, 4) is 0 Å². The van der Waals surface area contributed by atoms with Gasteiger partial charge in [-0.25, -0.2) is 9.37 Å². The van der Waals surface area contributed by atoms with E-state index in [0.717, 1.165) is 15.8 Å². The molecule has 0 unspecified atom stereocenters. The molecule has 7 heteroatoms. The SMILES string of the molecule is Cc1ccc2nc(N(/N=C/c3ccc(F)cc3)C(=O)c3ccc(Cl)cc3)sc2c1. The van der Waals surface area contributed by atoms with Crippen molar-refractivity contribution in [3.63, 3.8) is 0 Å². The van der Waals surface area contributed by atoms with Crippen LogP contribution in [0, 0.1) is 12.7 Å². The molecule has 0 spiro atoms. The van der Waals surface area contributed by atoms with Crippen LogP contribution in [-0.4, -0.2) is 17.1 Å². The van der Waals surface area contributed by atoms with Crippen molar-refractivity contribution >= 4 is 50.4 Å². The van der Waals surface area contributed by atoms with Crippen LogP contribution in [0.3, 0.4) is 0 Å². The number of rotatable bonds is 4. The molecule has 29 heavy (non-hydrogen) atoms. The first kappa shape index (κ1) is 19.2. The lowest BCUT2D eigenvalue weighted by Crippen LogP contribution is -2.25. The Hall–Kier alpha value is -3.09. The molecular formula is C22H15ClFN3OS. The number of aromatic nitrogens is 1. The van der Waals surface area contributed by atoms with Gasteiger partial charge in [0.25, 0.3) is 5.91 Å². The molecule has 4 rings (SSSR count). The standard InChI is InChI=1S/C22H15ClFN3OS/c1-14-2-11-19-20(12-14)29-22(26-19)27(21(28)16-5-7-17(23)8-6-16)25-13-15-3-9-18(24)10-4-15/h2-13H,1H3/b25-13+. The normalized spacial score (nSPS) is 11.3. The summed E-state index contributed by atoms with van der Waals surface area (Å²) in [5, 5.41) is 6.61. The Labute approximate surface area is 175 Å². The number of hydrazone groups is 1. The molecule has 4 aromatic rings. The van der Waals surface area contributed by atoms with E-state index >= 15 is 0 Å². The minimum Gasteiger partial charge on any atom is -0.267 e. The zero-order chi connectivity index (χ0) is 20.4. The molecular weight excluding hydrogens is 409 g/mol. The quantitative estimate of drug-likeness (QED) is 0.295. The highest BCUT2D eigenvalue weighted by Crippen LogP contribution is 2.30. The van der Waals surface area contributed by atoms with Crippen molar-refractivity contribution in [1.82, 2.24) is 4.98 Å². The van der Waals surface area contributed by atoms with Crippen molar-refractivity contribution < 1.29 is 9.18 Å². The molecule has 0 N–H and O–H groups in total. The molecule has 0 bridgehead atoms. The van der Waals surface area contributed by atoms with E-state index < -0.39 is 0 Å². The first-order chi connectivity index (χ1) is 14.0. The number of aryl methyl sites for hydroxylation is 1. The summed E-state index contributed by atoms with van der Waals surface area (Å²) in [5.41, 5.74) is 3.00. The van der Waals surface area contributed by atoms with Gasteiger partial charge in [-0.2, -0.15) is 10.1 Å². The highest BCUT2D eigenvalue weighted by atomic mass is 35.5. The predicted octanol–water partition coefficient (Wildman–Crippen LogP) is 6.08. The summed E-state index contributed by atoms with van der Waals surface area (Å²) in [4.78, 5) is 17.7. The lowest BCUT2D eigenvalue weighted by molar-refractivity contribution is 0.0988. The lowest BCUT2D eigenvalue weighted by atomic mass is 10.2. The zero-order valence-electron chi connectivity index (χ0n) is 15.3. The van der Waals surface area contributed by atoms with Gasteiger partial charge in [-0.05, 0) is 66.6 Å². The maximum Gasteiger partial charge on any atom is 0.280 e. The first-order valence-electron chi connectivity index (χ1n) is 8.76. The number of hydrogen-bond donors (Lipinski definition) is 0. The molecule has 1 amide bonds. The van der Waals surface area contributed by atoms with E-state index in [1.807, 2.05) is 25.1 Å². The highest BCUT2D eigenvalue weighted by molar-refractivity contribution is 7.22. The smallest absolute Gasteiger partial charge is 0.267 e. The third-order valence-electron chi connectivity index (χ3n) is 4.19. The van der Waals surface area contributed by atoms with Crippen LogP contribution in [0.1, 0.15) is 21.5 Å². The van der Waals surface area contributed by atoms with Crippen LogP contribution in [0.2, 0.25) is 5.02 Å². The van der Waals surface area contributed by atoms with Gasteiger partial charge in [0.15, 0.2) is 0 Å². The first-order valence-corrected chi connectivity index (χ1v) is 9.96. The van der Waals surface area contributed by atoms with Crippen LogP contribution < -0.4 is 5.01 Å².